The number of ether oxygens (including phenoxy) is 1. The third-order valence-electron chi connectivity index (χ3n) is 4.82. The lowest BCUT2D eigenvalue weighted by Gasteiger charge is -2.35. The van der Waals surface area contributed by atoms with E-state index >= 15 is 0 Å². The number of rotatable bonds is 4. The summed E-state index contributed by atoms with van der Waals surface area (Å²) in [6, 6.07) is 4.56. The molecule has 0 spiro atoms. The zero-order valence-electron chi connectivity index (χ0n) is 15.0. The fourth-order valence-corrected chi connectivity index (χ4v) is 3.63. The second kappa shape index (κ2) is 7.30. The van der Waals surface area contributed by atoms with Crippen LogP contribution < -0.4 is 4.90 Å². The first-order valence-corrected chi connectivity index (χ1v) is 9.02. The quantitative estimate of drug-likeness (QED) is 0.659. The molecule has 140 valence electrons. The van der Waals surface area contributed by atoms with Crippen molar-refractivity contribution in [3.05, 3.63) is 48.4 Å². The third-order valence-corrected chi connectivity index (χ3v) is 4.82. The molecule has 8 heteroatoms. The Bertz CT molecular complexity index is 960. The highest BCUT2D eigenvalue weighted by Gasteiger charge is 2.27. The van der Waals surface area contributed by atoms with Crippen LogP contribution in [0.5, 0.6) is 0 Å². The van der Waals surface area contributed by atoms with Crippen LogP contribution in [-0.2, 0) is 4.74 Å². The summed E-state index contributed by atoms with van der Waals surface area (Å²) in [5, 5.41) is 4.86. The molecule has 1 fully saturated rings. The standard InChI is InChI=1S/C19H20FN5O2/c1-2-27-19(26)16-9-22-17-6-5-13(20)8-15(17)18(16)24-7-3-4-14(10-24)25-12-21-11-23-25/h5-6,8-9,11-12,14H,2-4,7,10H2,1H3. The number of aromatic nitrogens is 4. The van der Waals surface area contributed by atoms with Gasteiger partial charge in [0.05, 0.1) is 23.9 Å². The number of hydrogen-bond donors (Lipinski definition) is 0. The predicted octanol–water partition coefficient (Wildman–Crippen LogP) is 2.98. The average molecular weight is 369 g/mol. The van der Waals surface area contributed by atoms with Crippen molar-refractivity contribution in [3.63, 3.8) is 0 Å². The van der Waals surface area contributed by atoms with E-state index < -0.39 is 5.97 Å². The van der Waals surface area contributed by atoms with Gasteiger partial charge in [-0.05, 0) is 38.0 Å². The van der Waals surface area contributed by atoms with Crippen LogP contribution in [-0.4, -0.2) is 45.4 Å². The van der Waals surface area contributed by atoms with Crippen molar-refractivity contribution >= 4 is 22.6 Å². The average Bonchev–Trinajstić information content (AvgIpc) is 3.22. The van der Waals surface area contributed by atoms with Crippen LogP contribution in [0.3, 0.4) is 0 Å². The molecule has 3 heterocycles. The molecule has 0 radical (unpaired) electrons. The fourth-order valence-electron chi connectivity index (χ4n) is 3.63. The predicted molar refractivity (Wildman–Crippen MR) is 98.2 cm³/mol. The Kier molecular flexibility index (Phi) is 4.70. The summed E-state index contributed by atoms with van der Waals surface area (Å²) in [5.74, 6) is -0.814. The maximum atomic E-state index is 14.0. The first-order valence-electron chi connectivity index (χ1n) is 9.02. The molecule has 0 saturated carbocycles. The first-order chi connectivity index (χ1) is 13.2. The molecule has 1 saturated heterocycles. The van der Waals surface area contributed by atoms with E-state index in [1.165, 1.54) is 24.7 Å². The molecule has 1 aliphatic rings. The van der Waals surface area contributed by atoms with Crippen molar-refractivity contribution in [2.45, 2.75) is 25.8 Å². The molecule has 2 aromatic heterocycles. The minimum absolute atomic E-state index is 0.132. The highest BCUT2D eigenvalue weighted by molar-refractivity contribution is 6.05. The lowest BCUT2D eigenvalue weighted by atomic mass is 10.0. The van der Waals surface area contributed by atoms with Gasteiger partial charge in [-0.1, -0.05) is 0 Å². The zero-order chi connectivity index (χ0) is 18.8. The molecule has 0 aliphatic carbocycles. The number of piperidine rings is 1. The highest BCUT2D eigenvalue weighted by atomic mass is 19.1. The molecule has 0 amide bonds. The Balaban J connectivity index is 1.81. The van der Waals surface area contributed by atoms with Crippen molar-refractivity contribution in [3.8, 4) is 0 Å². The van der Waals surface area contributed by atoms with Crippen LogP contribution in [0.25, 0.3) is 10.9 Å². The van der Waals surface area contributed by atoms with Gasteiger partial charge in [0, 0.05) is 24.7 Å². The van der Waals surface area contributed by atoms with Gasteiger partial charge in [-0.15, -0.1) is 0 Å². The minimum atomic E-state index is -0.450. The van der Waals surface area contributed by atoms with Gasteiger partial charge in [0.25, 0.3) is 0 Å². The first kappa shape index (κ1) is 17.4. The van der Waals surface area contributed by atoms with E-state index in [4.69, 9.17) is 4.74 Å². The van der Waals surface area contributed by atoms with E-state index in [1.807, 2.05) is 4.68 Å². The Morgan fingerprint density at radius 1 is 1.41 bits per heavy atom. The second-order valence-corrected chi connectivity index (χ2v) is 6.52. The van der Waals surface area contributed by atoms with Gasteiger partial charge in [0.2, 0.25) is 0 Å². The molecule has 0 N–H and O–H groups in total. The molecular weight excluding hydrogens is 349 g/mol. The molecule has 27 heavy (non-hydrogen) atoms. The SMILES string of the molecule is CCOC(=O)c1cnc2ccc(F)cc2c1N1CCCC(n2cncn2)C1. The van der Waals surface area contributed by atoms with Crippen LogP contribution in [0.2, 0.25) is 0 Å². The maximum absolute atomic E-state index is 14.0. The van der Waals surface area contributed by atoms with E-state index in [-0.39, 0.29) is 18.5 Å². The van der Waals surface area contributed by atoms with Crippen molar-refractivity contribution in [1.82, 2.24) is 19.7 Å². The summed E-state index contributed by atoms with van der Waals surface area (Å²) in [6.45, 7) is 3.42. The number of anilines is 1. The van der Waals surface area contributed by atoms with E-state index in [0.717, 1.165) is 19.4 Å². The topological polar surface area (TPSA) is 73.1 Å². The van der Waals surface area contributed by atoms with Gasteiger partial charge >= 0.3 is 5.97 Å². The van der Waals surface area contributed by atoms with Crippen molar-refractivity contribution in [2.24, 2.45) is 0 Å². The molecule has 4 rings (SSSR count). The van der Waals surface area contributed by atoms with Crippen LogP contribution >= 0.6 is 0 Å². The van der Waals surface area contributed by atoms with Crippen LogP contribution in [0.1, 0.15) is 36.2 Å². The summed E-state index contributed by atoms with van der Waals surface area (Å²) in [5.41, 5.74) is 1.67. The number of esters is 1. The summed E-state index contributed by atoms with van der Waals surface area (Å²) < 4.78 is 21.0. The Morgan fingerprint density at radius 3 is 3.07 bits per heavy atom. The van der Waals surface area contributed by atoms with E-state index in [1.54, 1.807) is 19.3 Å². The summed E-state index contributed by atoms with van der Waals surface area (Å²) in [6.07, 6.45) is 6.62. The number of benzene rings is 1. The van der Waals surface area contributed by atoms with Gasteiger partial charge in [-0.2, -0.15) is 5.10 Å². The summed E-state index contributed by atoms with van der Waals surface area (Å²) in [7, 11) is 0. The van der Waals surface area contributed by atoms with Gasteiger partial charge in [0.1, 0.15) is 24.0 Å². The Labute approximate surface area is 155 Å². The Morgan fingerprint density at radius 2 is 2.30 bits per heavy atom. The van der Waals surface area contributed by atoms with Crippen molar-refractivity contribution < 1.29 is 13.9 Å². The van der Waals surface area contributed by atoms with Gasteiger partial charge in [0.15, 0.2) is 0 Å². The second-order valence-electron chi connectivity index (χ2n) is 6.52. The number of carbonyl (C=O) groups is 1. The largest absolute Gasteiger partial charge is 0.462 e. The molecule has 1 unspecified atom stereocenters. The summed E-state index contributed by atoms with van der Waals surface area (Å²) in [4.78, 5) is 23.0. The molecule has 1 aliphatic heterocycles. The van der Waals surface area contributed by atoms with E-state index in [2.05, 4.69) is 20.0 Å². The number of carbonyl (C=O) groups excluding carboxylic acids is 1. The normalized spacial score (nSPS) is 17.3. The van der Waals surface area contributed by atoms with Crippen molar-refractivity contribution in [2.75, 3.05) is 24.6 Å². The molecule has 0 bridgehead atoms. The zero-order valence-corrected chi connectivity index (χ0v) is 15.0. The smallest absolute Gasteiger partial charge is 0.341 e. The number of nitrogens with zero attached hydrogens (tertiary/aromatic N) is 5. The van der Waals surface area contributed by atoms with Crippen molar-refractivity contribution in [1.29, 1.82) is 0 Å². The van der Waals surface area contributed by atoms with Gasteiger partial charge in [-0.3, -0.25) is 4.98 Å². The fraction of sp³-hybridized carbons (Fsp3) is 0.368. The molecular formula is C19H20FN5O2. The van der Waals surface area contributed by atoms with Gasteiger partial charge in [-0.25, -0.2) is 18.9 Å². The van der Waals surface area contributed by atoms with Gasteiger partial charge < -0.3 is 9.64 Å². The molecule has 3 aromatic rings. The molecule has 1 aromatic carbocycles. The minimum Gasteiger partial charge on any atom is -0.462 e. The lowest BCUT2D eigenvalue weighted by molar-refractivity contribution is 0.0526. The number of fused-ring (bicyclic) bond motifs is 1. The van der Waals surface area contributed by atoms with E-state index in [9.17, 15) is 9.18 Å². The highest BCUT2D eigenvalue weighted by Crippen LogP contribution is 2.34. The molecule has 1 atom stereocenters. The number of hydrogen-bond acceptors (Lipinski definition) is 6. The monoisotopic (exact) mass is 369 g/mol. The molecule has 7 nitrogen and oxygen atoms in total. The number of pyridine rings is 1. The number of halogens is 1. The lowest BCUT2D eigenvalue weighted by Crippen LogP contribution is -2.38. The summed E-state index contributed by atoms with van der Waals surface area (Å²) >= 11 is 0. The Hall–Kier alpha value is -3.03. The van der Waals surface area contributed by atoms with Crippen LogP contribution in [0.15, 0.2) is 37.1 Å². The van der Waals surface area contributed by atoms with Crippen LogP contribution in [0, 0.1) is 5.82 Å². The maximum Gasteiger partial charge on any atom is 0.341 e. The van der Waals surface area contributed by atoms with Crippen LogP contribution in [0.4, 0.5) is 10.1 Å². The third kappa shape index (κ3) is 3.34. The van der Waals surface area contributed by atoms with E-state index in [0.29, 0.717) is 28.7 Å².